The molecule has 0 aromatic heterocycles. The van der Waals surface area contributed by atoms with Crippen molar-refractivity contribution >= 4 is 30.8 Å². The zero-order chi connectivity index (χ0) is 22.1. The minimum Gasteiger partial charge on any atom is -0.480 e. The number of nitrogens with one attached hydrogen (secondary N) is 2. The average molecular weight is 434 g/mol. The molecule has 0 aromatic rings. The Hall–Kier alpha value is -2.14. The van der Waals surface area contributed by atoms with E-state index in [4.69, 9.17) is 0 Å². The lowest BCUT2D eigenvalue weighted by molar-refractivity contribution is -0.143. The van der Waals surface area contributed by atoms with Gasteiger partial charge in [0.2, 0.25) is 0 Å². The molecule has 170 valence electrons. The first-order valence-corrected chi connectivity index (χ1v) is 11.3. The number of nitrogens with zero attached hydrogens (tertiary/aromatic N) is 2. The number of aliphatic carboxylic acids is 2. The molecule has 11 heteroatoms. The van der Waals surface area contributed by atoms with Crippen LogP contribution in [0.25, 0.3) is 0 Å². The predicted molar refractivity (Wildman–Crippen MR) is 112 cm³/mol. The summed E-state index contributed by atoms with van der Waals surface area (Å²) in [6.07, 6.45) is 3.69. The number of fused-ring (bicyclic) bond motifs is 6. The minimum absolute atomic E-state index is 0.175. The Balaban J connectivity index is 1.33. The lowest BCUT2D eigenvalue weighted by Gasteiger charge is -2.47. The van der Waals surface area contributed by atoms with E-state index in [9.17, 15) is 29.4 Å². The standard InChI is InChI=1S/C20H31BN4O6/c26-17(27)15(13-9-24-5-1-11(13)2-6-24)22-19(30)21-20(31)23-16(18(28)29)14-10-25-7-3-12(14)4-8-25/h11-16,21H,1-10H2,(H,22,30)(H,23,31)(H,26,27)(H,28,29)/t13-,14?,15?,16?/m0/s1. The molecule has 6 fully saturated rings. The number of carbonyl (C=O) groups excluding carboxylic acids is 2. The van der Waals surface area contributed by atoms with E-state index in [2.05, 4.69) is 20.4 Å². The molecule has 4 bridgehead atoms. The summed E-state index contributed by atoms with van der Waals surface area (Å²) in [5, 5.41) is 24.4. The molecule has 6 saturated heterocycles. The number of hydrogen-bond donors (Lipinski definition) is 4. The van der Waals surface area contributed by atoms with Crippen molar-refractivity contribution < 1.29 is 29.4 Å². The Bertz CT molecular complexity index is 675. The monoisotopic (exact) mass is 434 g/mol. The van der Waals surface area contributed by atoms with E-state index in [-0.39, 0.29) is 23.7 Å². The van der Waals surface area contributed by atoms with Gasteiger partial charge < -0.3 is 30.6 Å². The fourth-order valence-electron chi connectivity index (χ4n) is 6.08. The third-order valence-electron chi connectivity index (χ3n) is 7.76. The van der Waals surface area contributed by atoms with Crippen LogP contribution in [0.4, 0.5) is 9.59 Å². The molecule has 6 aliphatic heterocycles. The van der Waals surface area contributed by atoms with Gasteiger partial charge in [-0.3, -0.25) is 9.59 Å². The highest BCUT2D eigenvalue weighted by atomic mass is 16.4. The summed E-state index contributed by atoms with van der Waals surface area (Å²) in [5.41, 5.74) is 0. The van der Waals surface area contributed by atoms with Crippen LogP contribution in [0, 0.1) is 23.7 Å². The van der Waals surface area contributed by atoms with E-state index in [0.29, 0.717) is 13.1 Å². The van der Waals surface area contributed by atoms with Crippen molar-refractivity contribution in [1.82, 2.24) is 20.4 Å². The Morgan fingerprint density at radius 1 is 0.710 bits per heavy atom. The highest BCUT2D eigenvalue weighted by molar-refractivity contribution is 6.96. The van der Waals surface area contributed by atoms with E-state index in [1.165, 1.54) is 0 Å². The number of piperidine rings is 6. The van der Waals surface area contributed by atoms with Crippen LogP contribution in [0.1, 0.15) is 25.7 Å². The lowest BCUT2D eigenvalue weighted by Crippen LogP contribution is -2.60. The molecular weight excluding hydrogens is 403 g/mol. The maximum Gasteiger partial charge on any atom is 0.340 e. The van der Waals surface area contributed by atoms with Crippen LogP contribution >= 0.6 is 0 Å². The van der Waals surface area contributed by atoms with Crippen LogP contribution in [-0.4, -0.2) is 102 Å². The minimum atomic E-state index is -1.09. The molecule has 31 heavy (non-hydrogen) atoms. The second-order valence-corrected chi connectivity index (χ2v) is 9.55. The smallest absolute Gasteiger partial charge is 0.340 e. The van der Waals surface area contributed by atoms with E-state index in [0.717, 1.165) is 51.9 Å². The van der Waals surface area contributed by atoms with Crippen molar-refractivity contribution in [3.8, 4) is 0 Å². The van der Waals surface area contributed by atoms with E-state index >= 15 is 0 Å². The second-order valence-electron chi connectivity index (χ2n) is 9.55. The van der Waals surface area contributed by atoms with Gasteiger partial charge in [-0.1, -0.05) is 0 Å². The number of carboxylic acid groups (broad SMARTS) is 2. The molecule has 10 nitrogen and oxygen atoms in total. The zero-order valence-electron chi connectivity index (χ0n) is 17.7. The van der Waals surface area contributed by atoms with Crippen molar-refractivity contribution in [3.05, 3.63) is 0 Å². The normalized spacial score (nSPS) is 35.6. The first-order valence-electron chi connectivity index (χ1n) is 11.3. The fraction of sp³-hybridized carbons (Fsp3) is 0.800. The molecule has 0 aromatic carbocycles. The molecule has 0 saturated carbocycles. The van der Waals surface area contributed by atoms with Gasteiger partial charge in [0.25, 0.3) is 0 Å². The summed E-state index contributed by atoms with van der Waals surface area (Å²) < 4.78 is 0. The maximum absolute atomic E-state index is 12.5. The summed E-state index contributed by atoms with van der Waals surface area (Å²) >= 11 is 0. The molecule has 6 heterocycles. The van der Waals surface area contributed by atoms with Gasteiger partial charge in [-0.25, -0.2) is 9.59 Å². The highest BCUT2D eigenvalue weighted by Crippen LogP contribution is 2.35. The second kappa shape index (κ2) is 9.16. The molecular formula is C20H31BN4O6. The molecule has 0 spiro atoms. The van der Waals surface area contributed by atoms with Crippen molar-refractivity contribution in [2.45, 2.75) is 37.8 Å². The predicted octanol–water partition coefficient (Wildman–Crippen LogP) is -0.568. The third kappa shape index (κ3) is 4.87. The van der Waals surface area contributed by atoms with Crippen molar-refractivity contribution in [2.24, 2.45) is 23.7 Å². The van der Waals surface area contributed by atoms with Crippen molar-refractivity contribution in [1.29, 1.82) is 0 Å². The first kappa shape index (κ1) is 22.1. The van der Waals surface area contributed by atoms with Gasteiger partial charge in [0.15, 0.2) is 11.6 Å². The van der Waals surface area contributed by atoms with Gasteiger partial charge in [0, 0.05) is 24.9 Å². The number of carbonyl (C=O) groups is 4. The Kier molecular flexibility index (Phi) is 6.52. The topological polar surface area (TPSA) is 139 Å². The maximum atomic E-state index is 12.5. The van der Waals surface area contributed by atoms with E-state index < -0.39 is 42.9 Å². The van der Waals surface area contributed by atoms with Crippen molar-refractivity contribution in [2.75, 3.05) is 39.3 Å². The Morgan fingerprint density at radius 2 is 1.06 bits per heavy atom. The van der Waals surface area contributed by atoms with Gasteiger partial charge in [0.1, 0.15) is 12.1 Å². The highest BCUT2D eigenvalue weighted by Gasteiger charge is 2.44. The zero-order valence-corrected chi connectivity index (χ0v) is 17.7. The number of hydrogen-bond acceptors (Lipinski definition) is 6. The van der Waals surface area contributed by atoms with Crippen LogP contribution in [0.3, 0.4) is 0 Å². The van der Waals surface area contributed by atoms with Gasteiger partial charge in [-0.2, -0.15) is 0 Å². The average Bonchev–Trinajstić information content (AvgIpc) is 2.77. The Labute approximate surface area is 181 Å². The molecule has 0 aliphatic carbocycles. The van der Waals surface area contributed by atoms with E-state index in [1.54, 1.807) is 0 Å². The molecule has 6 rings (SSSR count). The molecule has 2 amide bonds. The SMILES string of the molecule is O=C(BC(=O)NC(C(=O)O)[C@H]1CN2CCC1CC2)NC(C(=O)O)C1CN2CCC1CC2. The van der Waals surface area contributed by atoms with Crippen LogP contribution in [0.2, 0.25) is 0 Å². The molecule has 4 atom stereocenters. The summed E-state index contributed by atoms with van der Waals surface area (Å²) in [5.74, 6) is -3.39. The van der Waals surface area contributed by atoms with Crippen LogP contribution < -0.4 is 10.6 Å². The lowest BCUT2D eigenvalue weighted by atomic mass is 9.71. The Morgan fingerprint density at radius 3 is 1.32 bits per heavy atom. The molecule has 4 N–H and O–H groups in total. The summed E-state index contributed by atoms with van der Waals surface area (Å²) in [6.45, 7) is 5.10. The van der Waals surface area contributed by atoms with E-state index in [1.807, 2.05) is 0 Å². The molecule has 3 unspecified atom stereocenters. The third-order valence-corrected chi connectivity index (χ3v) is 7.76. The van der Waals surface area contributed by atoms with Gasteiger partial charge in [0.05, 0.1) is 0 Å². The summed E-state index contributed by atoms with van der Waals surface area (Å²) in [6, 6.07) is -2.07. The summed E-state index contributed by atoms with van der Waals surface area (Å²) in [7, 11) is -0.574. The van der Waals surface area contributed by atoms with Crippen LogP contribution in [-0.2, 0) is 9.59 Å². The molecule has 0 radical (unpaired) electrons. The fourth-order valence-corrected chi connectivity index (χ4v) is 6.08. The largest absolute Gasteiger partial charge is 0.480 e. The first-order chi connectivity index (χ1) is 14.8. The van der Waals surface area contributed by atoms with Crippen LogP contribution in [0.5, 0.6) is 0 Å². The van der Waals surface area contributed by atoms with Gasteiger partial charge >= 0.3 is 19.2 Å². The van der Waals surface area contributed by atoms with Gasteiger partial charge in [-0.05, 0) is 63.7 Å². The number of amides is 2. The number of carboxylic acids is 2. The van der Waals surface area contributed by atoms with Gasteiger partial charge in [-0.15, -0.1) is 0 Å². The quantitative estimate of drug-likeness (QED) is 0.373. The number of rotatable bonds is 8. The van der Waals surface area contributed by atoms with Crippen molar-refractivity contribution in [3.63, 3.8) is 0 Å². The molecule has 6 aliphatic rings. The summed E-state index contributed by atoms with van der Waals surface area (Å²) in [4.78, 5) is 53.0. The van der Waals surface area contributed by atoms with Crippen LogP contribution in [0.15, 0.2) is 0 Å².